The van der Waals surface area contributed by atoms with Crippen LogP contribution in [0.2, 0.25) is 0 Å². The molecule has 1 atom stereocenters. The summed E-state index contributed by atoms with van der Waals surface area (Å²) >= 11 is 4.97. The van der Waals surface area contributed by atoms with Crippen molar-refractivity contribution in [3.05, 3.63) is 24.3 Å². The van der Waals surface area contributed by atoms with Gasteiger partial charge in [0.15, 0.2) is 0 Å². The molecule has 0 aliphatic heterocycles. The summed E-state index contributed by atoms with van der Waals surface area (Å²) in [5.74, 6) is -0.0299. The quantitative estimate of drug-likeness (QED) is 0.611. The van der Waals surface area contributed by atoms with Crippen molar-refractivity contribution >= 4 is 17.2 Å². The van der Waals surface area contributed by atoms with Gasteiger partial charge in [-0.25, -0.2) is 4.98 Å². The summed E-state index contributed by atoms with van der Waals surface area (Å²) in [4.78, 5) is 4.05. The second kappa shape index (κ2) is 4.85. The first-order valence-electron chi connectivity index (χ1n) is 4.13. The van der Waals surface area contributed by atoms with Crippen LogP contribution in [0.5, 0.6) is 5.75 Å². The van der Waals surface area contributed by atoms with Crippen molar-refractivity contribution in [2.45, 2.75) is 13.0 Å². The SMILES string of the molecule is CNC(=S)C(C)Oc1ccc(F)nc1. The number of thiocarbonyl (C=S) groups is 1. The fraction of sp³-hybridized carbons (Fsp3) is 0.333. The Kier molecular flexibility index (Phi) is 3.76. The molecular weight excluding hydrogens is 203 g/mol. The van der Waals surface area contributed by atoms with Gasteiger partial charge in [-0.05, 0) is 19.1 Å². The smallest absolute Gasteiger partial charge is 0.213 e. The van der Waals surface area contributed by atoms with Gasteiger partial charge in [0.1, 0.15) is 16.8 Å². The number of ether oxygens (including phenoxy) is 1. The third kappa shape index (κ3) is 2.92. The Labute approximate surface area is 87.3 Å². The number of rotatable bonds is 3. The molecule has 1 unspecified atom stereocenters. The van der Waals surface area contributed by atoms with Crippen LogP contribution in [0.4, 0.5) is 4.39 Å². The first kappa shape index (κ1) is 10.8. The zero-order valence-electron chi connectivity index (χ0n) is 7.95. The van der Waals surface area contributed by atoms with E-state index >= 15 is 0 Å². The molecule has 5 heteroatoms. The molecule has 0 aliphatic rings. The molecule has 1 N–H and O–H groups in total. The van der Waals surface area contributed by atoms with Gasteiger partial charge < -0.3 is 10.1 Å². The van der Waals surface area contributed by atoms with Gasteiger partial charge in [-0.3, -0.25) is 0 Å². The van der Waals surface area contributed by atoms with Crippen molar-refractivity contribution in [1.82, 2.24) is 10.3 Å². The van der Waals surface area contributed by atoms with E-state index in [0.717, 1.165) is 0 Å². The lowest BCUT2D eigenvalue weighted by molar-refractivity contribution is 0.284. The Morgan fingerprint density at radius 1 is 1.64 bits per heavy atom. The number of hydrogen-bond donors (Lipinski definition) is 1. The van der Waals surface area contributed by atoms with Gasteiger partial charge in [0.25, 0.3) is 0 Å². The van der Waals surface area contributed by atoms with Gasteiger partial charge in [0.05, 0.1) is 6.20 Å². The minimum atomic E-state index is -0.527. The largest absolute Gasteiger partial charge is 0.482 e. The topological polar surface area (TPSA) is 34.1 Å². The van der Waals surface area contributed by atoms with Gasteiger partial charge in [-0.2, -0.15) is 4.39 Å². The Morgan fingerprint density at radius 3 is 2.86 bits per heavy atom. The molecule has 0 aliphatic carbocycles. The molecule has 76 valence electrons. The fourth-order valence-electron chi connectivity index (χ4n) is 0.893. The maximum absolute atomic E-state index is 12.4. The number of likely N-dealkylation sites (N-methyl/N-ethyl adjacent to an activating group) is 1. The highest BCUT2D eigenvalue weighted by Crippen LogP contribution is 2.10. The zero-order chi connectivity index (χ0) is 10.6. The van der Waals surface area contributed by atoms with Crippen molar-refractivity contribution < 1.29 is 9.13 Å². The van der Waals surface area contributed by atoms with Gasteiger partial charge in [0.2, 0.25) is 5.95 Å². The molecule has 1 aromatic rings. The molecule has 3 nitrogen and oxygen atoms in total. The van der Waals surface area contributed by atoms with E-state index in [-0.39, 0.29) is 6.10 Å². The van der Waals surface area contributed by atoms with E-state index in [1.807, 2.05) is 6.92 Å². The van der Waals surface area contributed by atoms with E-state index in [1.165, 1.54) is 18.3 Å². The highest BCUT2D eigenvalue weighted by Gasteiger charge is 2.08. The van der Waals surface area contributed by atoms with Crippen LogP contribution in [-0.4, -0.2) is 23.1 Å². The molecule has 0 amide bonds. The minimum absolute atomic E-state index is 0.248. The summed E-state index contributed by atoms with van der Waals surface area (Å²) in [5, 5.41) is 2.81. The third-order valence-corrected chi connectivity index (χ3v) is 2.16. The van der Waals surface area contributed by atoms with E-state index in [9.17, 15) is 4.39 Å². The number of nitrogens with one attached hydrogen (secondary N) is 1. The molecule has 14 heavy (non-hydrogen) atoms. The molecule has 0 saturated heterocycles. The van der Waals surface area contributed by atoms with Crippen LogP contribution in [0.1, 0.15) is 6.92 Å². The first-order valence-corrected chi connectivity index (χ1v) is 4.54. The van der Waals surface area contributed by atoms with Crippen molar-refractivity contribution in [1.29, 1.82) is 0 Å². The molecule has 0 radical (unpaired) electrons. The number of nitrogens with zero attached hydrogens (tertiary/aromatic N) is 1. The monoisotopic (exact) mass is 214 g/mol. The van der Waals surface area contributed by atoms with Crippen molar-refractivity contribution in [2.24, 2.45) is 0 Å². The number of hydrogen-bond acceptors (Lipinski definition) is 3. The van der Waals surface area contributed by atoms with Gasteiger partial charge in [-0.1, -0.05) is 12.2 Å². The highest BCUT2D eigenvalue weighted by molar-refractivity contribution is 7.80. The average molecular weight is 214 g/mol. The lowest BCUT2D eigenvalue weighted by Crippen LogP contribution is -2.32. The standard InChI is InChI=1S/C9H11FN2OS/c1-6(9(14)11-2)13-7-3-4-8(10)12-5-7/h3-6H,1-2H3,(H,11,14). The third-order valence-electron chi connectivity index (χ3n) is 1.63. The summed E-state index contributed by atoms with van der Waals surface area (Å²) in [6.07, 6.45) is 1.08. The fourth-order valence-corrected chi connectivity index (χ4v) is 0.941. The minimum Gasteiger partial charge on any atom is -0.482 e. The second-order valence-corrected chi connectivity index (χ2v) is 3.13. The van der Waals surface area contributed by atoms with Crippen LogP contribution in [0.3, 0.4) is 0 Å². The number of halogens is 1. The van der Waals surface area contributed by atoms with Crippen molar-refractivity contribution in [2.75, 3.05) is 7.05 Å². The Balaban J connectivity index is 2.60. The Morgan fingerprint density at radius 2 is 2.36 bits per heavy atom. The van der Waals surface area contributed by atoms with Crippen LogP contribution in [-0.2, 0) is 0 Å². The molecule has 0 aromatic carbocycles. The molecule has 0 spiro atoms. The maximum Gasteiger partial charge on any atom is 0.213 e. The van der Waals surface area contributed by atoms with Gasteiger partial charge >= 0.3 is 0 Å². The van der Waals surface area contributed by atoms with E-state index in [1.54, 1.807) is 7.05 Å². The summed E-state index contributed by atoms with van der Waals surface area (Å²) in [5.41, 5.74) is 0. The van der Waals surface area contributed by atoms with Crippen LogP contribution in [0.25, 0.3) is 0 Å². The van der Waals surface area contributed by atoms with Gasteiger partial charge in [-0.15, -0.1) is 0 Å². The van der Waals surface area contributed by atoms with E-state index in [4.69, 9.17) is 17.0 Å². The summed E-state index contributed by atoms with van der Waals surface area (Å²) < 4.78 is 17.8. The van der Waals surface area contributed by atoms with E-state index in [2.05, 4.69) is 10.3 Å². The number of aromatic nitrogens is 1. The maximum atomic E-state index is 12.4. The van der Waals surface area contributed by atoms with Gasteiger partial charge in [0, 0.05) is 7.05 Å². The molecule has 0 saturated carbocycles. The van der Waals surface area contributed by atoms with E-state index in [0.29, 0.717) is 10.7 Å². The van der Waals surface area contributed by atoms with Crippen LogP contribution in [0, 0.1) is 5.95 Å². The highest BCUT2D eigenvalue weighted by atomic mass is 32.1. The normalized spacial score (nSPS) is 11.9. The molecule has 0 fully saturated rings. The second-order valence-electron chi connectivity index (χ2n) is 2.69. The molecule has 1 aromatic heterocycles. The van der Waals surface area contributed by atoms with E-state index < -0.39 is 5.95 Å². The van der Waals surface area contributed by atoms with Crippen LogP contribution < -0.4 is 10.1 Å². The predicted octanol–water partition coefficient (Wildman–Crippen LogP) is 1.53. The molecule has 0 bridgehead atoms. The molecule has 1 heterocycles. The summed E-state index contributed by atoms with van der Waals surface area (Å²) in [6, 6.07) is 2.75. The Hall–Kier alpha value is -1.23. The Bertz CT molecular complexity index is 315. The lowest BCUT2D eigenvalue weighted by atomic mass is 10.4. The lowest BCUT2D eigenvalue weighted by Gasteiger charge is -2.14. The van der Waals surface area contributed by atoms with Crippen molar-refractivity contribution in [3.63, 3.8) is 0 Å². The predicted molar refractivity (Wildman–Crippen MR) is 55.9 cm³/mol. The molecular formula is C9H11FN2OS. The first-order chi connectivity index (χ1) is 6.63. The number of pyridine rings is 1. The zero-order valence-corrected chi connectivity index (χ0v) is 8.77. The van der Waals surface area contributed by atoms with Crippen LogP contribution in [0.15, 0.2) is 18.3 Å². The summed E-state index contributed by atoms with van der Waals surface area (Å²) in [7, 11) is 1.73. The van der Waals surface area contributed by atoms with Crippen LogP contribution >= 0.6 is 12.2 Å². The van der Waals surface area contributed by atoms with Crippen molar-refractivity contribution in [3.8, 4) is 5.75 Å². The average Bonchev–Trinajstić information content (AvgIpc) is 2.20. The summed E-state index contributed by atoms with van der Waals surface area (Å²) in [6.45, 7) is 1.81. The molecule has 1 rings (SSSR count).